The van der Waals surface area contributed by atoms with Crippen molar-refractivity contribution < 1.29 is 0 Å². The van der Waals surface area contributed by atoms with Crippen molar-refractivity contribution in [2.75, 3.05) is 0 Å². The first-order valence-electron chi connectivity index (χ1n) is 16.6. The summed E-state index contributed by atoms with van der Waals surface area (Å²) in [6, 6.07) is 59.0. The highest BCUT2D eigenvalue weighted by Crippen LogP contribution is 2.51. The van der Waals surface area contributed by atoms with Gasteiger partial charge in [-0.25, -0.2) is 0 Å². The van der Waals surface area contributed by atoms with Gasteiger partial charge in [-0.3, -0.25) is 0 Å². The fourth-order valence-electron chi connectivity index (χ4n) is 8.32. The van der Waals surface area contributed by atoms with E-state index in [0.29, 0.717) is 0 Å². The SMILES string of the molecule is CC1(C)c2cc(-c3cccc(-c4ccc5ccccc5c4)c3)ccc2-c2ccc(-c3ccc4ccc5cccc6ccc3c4c56)cc21. The maximum Gasteiger partial charge on any atom is 0.0159 e. The average Bonchev–Trinajstić information content (AvgIpc) is 3.35. The van der Waals surface area contributed by atoms with Crippen LogP contribution in [0.4, 0.5) is 0 Å². The van der Waals surface area contributed by atoms with Gasteiger partial charge in [0.15, 0.2) is 0 Å². The Labute approximate surface area is 274 Å². The van der Waals surface area contributed by atoms with Crippen LogP contribution >= 0.6 is 0 Å². The first-order chi connectivity index (χ1) is 23.0. The molecule has 0 atom stereocenters. The summed E-state index contributed by atoms with van der Waals surface area (Å²) in [7, 11) is 0. The molecule has 0 bridgehead atoms. The molecule has 0 heterocycles. The van der Waals surface area contributed by atoms with E-state index in [1.807, 2.05) is 0 Å². The van der Waals surface area contributed by atoms with Crippen LogP contribution < -0.4 is 0 Å². The second kappa shape index (κ2) is 9.64. The van der Waals surface area contributed by atoms with Crippen LogP contribution in [0.5, 0.6) is 0 Å². The molecule has 1 aliphatic rings. The molecule has 9 aromatic carbocycles. The van der Waals surface area contributed by atoms with Crippen LogP contribution in [0.2, 0.25) is 0 Å². The molecule has 0 heteroatoms. The van der Waals surface area contributed by atoms with E-state index in [2.05, 4.69) is 172 Å². The molecule has 1 aliphatic carbocycles. The van der Waals surface area contributed by atoms with Gasteiger partial charge < -0.3 is 0 Å². The fraction of sp³-hybridized carbons (Fsp3) is 0.0638. The Morgan fingerprint density at radius 1 is 0.319 bits per heavy atom. The quantitative estimate of drug-likeness (QED) is 0.178. The maximum absolute atomic E-state index is 2.46. The summed E-state index contributed by atoms with van der Waals surface area (Å²) in [4.78, 5) is 0. The lowest BCUT2D eigenvalue weighted by Crippen LogP contribution is -2.15. The Morgan fingerprint density at radius 2 is 0.809 bits per heavy atom. The predicted octanol–water partition coefficient (Wildman–Crippen LogP) is 13.0. The fourth-order valence-corrected chi connectivity index (χ4v) is 8.32. The molecule has 47 heavy (non-hydrogen) atoms. The Morgan fingerprint density at radius 3 is 1.57 bits per heavy atom. The Balaban J connectivity index is 1.06. The van der Waals surface area contributed by atoms with Crippen LogP contribution in [0.3, 0.4) is 0 Å². The van der Waals surface area contributed by atoms with E-state index >= 15 is 0 Å². The minimum Gasteiger partial charge on any atom is -0.0616 e. The molecule has 0 nitrogen and oxygen atoms in total. The van der Waals surface area contributed by atoms with Crippen LogP contribution in [0.25, 0.3) is 87.6 Å². The van der Waals surface area contributed by atoms with Crippen molar-refractivity contribution >= 4 is 43.1 Å². The van der Waals surface area contributed by atoms with E-state index in [-0.39, 0.29) is 5.41 Å². The monoisotopic (exact) mass is 596 g/mol. The van der Waals surface area contributed by atoms with E-state index in [1.54, 1.807) is 0 Å². The first kappa shape index (κ1) is 26.5. The second-order valence-corrected chi connectivity index (χ2v) is 13.8. The van der Waals surface area contributed by atoms with Crippen LogP contribution in [-0.2, 0) is 5.41 Å². The molecule has 0 amide bonds. The molecule has 0 saturated carbocycles. The van der Waals surface area contributed by atoms with Crippen molar-refractivity contribution in [1.29, 1.82) is 0 Å². The summed E-state index contributed by atoms with van der Waals surface area (Å²) >= 11 is 0. The van der Waals surface area contributed by atoms with Crippen LogP contribution in [-0.4, -0.2) is 0 Å². The number of rotatable bonds is 3. The normalized spacial score (nSPS) is 13.5. The molecular weight excluding hydrogens is 565 g/mol. The standard InChI is InChI=1S/C47H32/c1-47(2)43-27-37(35-12-6-11-34(26-35)36-16-13-29-7-3-4-8-33(29)25-36)19-22-40(43)41-23-20-38(28-44(41)47)39-21-17-32-15-14-30-9-5-10-31-18-24-42(39)46(32)45(30)31/h3-28H,1-2H3. The topological polar surface area (TPSA) is 0 Å². The number of hydrogen-bond donors (Lipinski definition) is 0. The van der Waals surface area contributed by atoms with Gasteiger partial charge in [-0.15, -0.1) is 0 Å². The zero-order valence-corrected chi connectivity index (χ0v) is 26.5. The third-order valence-electron chi connectivity index (χ3n) is 10.8. The highest BCUT2D eigenvalue weighted by molar-refractivity contribution is 6.25. The van der Waals surface area contributed by atoms with Gasteiger partial charge in [0, 0.05) is 5.41 Å². The average molecular weight is 597 g/mol. The van der Waals surface area contributed by atoms with Gasteiger partial charge in [-0.1, -0.05) is 147 Å². The third kappa shape index (κ3) is 3.88. The molecule has 0 N–H and O–H groups in total. The molecule has 0 spiro atoms. The molecule has 10 rings (SSSR count). The Kier molecular flexibility index (Phi) is 5.44. The van der Waals surface area contributed by atoms with Crippen LogP contribution in [0, 0.1) is 0 Å². The van der Waals surface area contributed by atoms with Gasteiger partial charge >= 0.3 is 0 Å². The number of benzene rings is 9. The van der Waals surface area contributed by atoms with Gasteiger partial charge in [0.25, 0.3) is 0 Å². The largest absolute Gasteiger partial charge is 0.0616 e. The minimum absolute atomic E-state index is 0.115. The van der Waals surface area contributed by atoms with Crippen molar-refractivity contribution in [3.63, 3.8) is 0 Å². The van der Waals surface area contributed by atoms with E-state index in [0.717, 1.165) is 0 Å². The van der Waals surface area contributed by atoms with Gasteiger partial charge in [-0.2, -0.15) is 0 Å². The summed E-state index contributed by atoms with van der Waals surface area (Å²) in [5, 5.41) is 10.5. The van der Waals surface area contributed by atoms with Crippen molar-refractivity contribution in [3.05, 3.63) is 169 Å². The molecule has 0 aromatic heterocycles. The van der Waals surface area contributed by atoms with E-state index in [9.17, 15) is 0 Å². The highest BCUT2D eigenvalue weighted by Gasteiger charge is 2.36. The second-order valence-electron chi connectivity index (χ2n) is 13.8. The molecule has 0 aliphatic heterocycles. The molecule has 0 unspecified atom stereocenters. The summed E-state index contributed by atoms with van der Waals surface area (Å²) < 4.78 is 0. The molecule has 220 valence electrons. The lowest BCUT2D eigenvalue weighted by atomic mass is 9.80. The van der Waals surface area contributed by atoms with Crippen molar-refractivity contribution in [3.8, 4) is 44.5 Å². The van der Waals surface area contributed by atoms with E-state index < -0.39 is 0 Å². The smallest absolute Gasteiger partial charge is 0.0159 e. The number of hydrogen-bond acceptors (Lipinski definition) is 0. The third-order valence-corrected chi connectivity index (χ3v) is 10.8. The lowest BCUT2D eigenvalue weighted by Gasteiger charge is -2.23. The Bertz CT molecular complexity index is 2690. The zero-order valence-electron chi connectivity index (χ0n) is 26.5. The lowest BCUT2D eigenvalue weighted by molar-refractivity contribution is 0.661. The van der Waals surface area contributed by atoms with Crippen molar-refractivity contribution in [1.82, 2.24) is 0 Å². The van der Waals surface area contributed by atoms with Crippen molar-refractivity contribution in [2.24, 2.45) is 0 Å². The van der Waals surface area contributed by atoms with Gasteiger partial charge in [-0.05, 0) is 123 Å². The van der Waals surface area contributed by atoms with Crippen LogP contribution in [0.15, 0.2) is 158 Å². The van der Waals surface area contributed by atoms with Crippen LogP contribution in [0.1, 0.15) is 25.0 Å². The minimum atomic E-state index is -0.115. The molecule has 9 aromatic rings. The summed E-state index contributed by atoms with van der Waals surface area (Å²) in [5.41, 5.74) is 13.0. The number of fused-ring (bicyclic) bond motifs is 4. The zero-order chi connectivity index (χ0) is 31.3. The van der Waals surface area contributed by atoms with E-state index in [1.165, 1.54) is 98.7 Å². The molecule has 0 radical (unpaired) electrons. The summed E-state index contributed by atoms with van der Waals surface area (Å²) in [6.45, 7) is 4.78. The van der Waals surface area contributed by atoms with Gasteiger partial charge in [0.2, 0.25) is 0 Å². The van der Waals surface area contributed by atoms with Gasteiger partial charge in [0.05, 0.1) is 0 Å². The Hall–Kier alpha value is -5.72. The molecular formula is C47H32. The summed E-state index contributed by atoms with van der Waals surface area (Å²) in [5.74, 6) is 0. The highest BCUT2D eigenvalue weighted by atomic mass is 14.4. The van der Waals surface area contributed by atoms with Crippen molar-refractivity contribution in [2.45, 2.75) is 19.3 Å². The van der Waals surface area contributed by atoms with E-state index in [4.69, 9.17) is 0 Å². The van der Waals surface area contributed by atoms with Gasteiger partial charge in [0.1, 0.15) is 0 Å². The first-order valence-corrected chi connectivity index (χ1v) is 16.6. The summed E-state index contributed by atoms with van der Waals surface area (Å²) in [6.07, 6.45) is 0. The molecule has 0 saturated heterocycles. The predicted molar refractivity (Wildman–Crippen MR) is 202 cm³/mol. The maximum atomic E-state index is 2.46. The molecule has 0 fully saturated rings.